The van der Waals surface area contributed by atoms with Gasteiger partial charge >= 0.3 is 0 Å². The molecule has 1 unspecified atom stereocenters. The minimum Gasteiger partial charge on any atom is -0.394 e. The molecule has 0 spiro atoms. The van der Waals surface area contributed by atoms with Gasteiger partial charge in [-0.3, -0.25) is 14.8 Å². The van der Waals surface area contributed by atoms with Crippen LogP contribution in [-0.2, 0) is 13.0 Å². The van der Waals surface area contributed by atoms with E-state index in [1.165, 1.54) is 5.01 Å². The quantitative estimate of drug-likeness (QED) is 0.201. The van der Waals surface area contributed by atoms with E-state index in [2.05, 4.69) is 25.7 Å². The first kappa shape index (κ1) is 19.7. The topological polar surface area (TPSA) is 155 Å². The Morgan fingerprint density at radius 1 is 1.43 bits per heavy atom. The lowest BCUT2D eigenvalue weighted by Gasteiger charge is -2.25. The Morgan fingerprint density at radius 2 is 2.25 bits per heavy atom. The monoisotopic (exact) mass is 384 g/mol. The van der Waals surface area contributed by atoms with Crippen LogP contribution in [0, 0.1) is 0 Å². The number of rotatable bonds is 5. The summed E-state index contributed by atoms with van der Waals surface area (Å²) in [4.78, 5) is 21.2. The van der Waals surface area contributed by atoms with E-state index in [9.17, 15) is 9.90 Å². The number of aliphatic hydroxyl groups is 1. The molecule has 1 amide bonds. The first-order valence-corrected chi connectivity index (χ1v) is 8.93. The molecular formula is C18H24N8O2. The van der Waals surface area contributed by atoms with E-state index in [0.29, 0.717) is 17.2 Å². The highest BCUT2D eigenvalue weighted by Gasteiger charge is 2.19. The number of pyridine rings is 2. The number of carbonyl (C=O) groups is 1. The van der Waals surface area contributed by atoms with E-state index in [-0.39, 0.29) is 18.3 Å². The lowest BCUT2D eigenvalue weighted by molar-refractivity contribution is 0.102. The minimum atomic E-state index is -0.407. The van der Waals surface area contributed by atoms with Gasteiger partial charge in [0.1, 0.15) is 17.2 Å². The van der Waals surface area contributed by atoms with Gasteiger partial charge in [0.15, 0.2) is 5.84 Å². The van der Waals surface area contributed by atoms with Gasteiger partial charge in [0.25, 0.3) is 5.91 Å². The van der Waals surface area contributed by atoms with Crippen molar-refractivity contribution in [3.05, 3.63) is 53.0 Å². The molecule has 1 aliphatic heterocycles. The Hall–Kier alpha value is -3.08. The van der Waals surface area contributed by atoms with Crippen LogP contribution in [0.3, 0.4) is 0 Å². The number of hydrazone groups is 1. The Balaban J connectivity index is 1.78. The second kappa shape index (κ2) is 8.74. The van der Waals surface area contributed by atoms with Gasteiger partial charge < -0.3 is 21.6 Å². The standard InChI is InChI=1S/C18H24N8O2/c1-11(10-27)26(20)17(25-19)14-3-2-4-16(23-14)24-18(28)15-7-13-8-21-6-5-12(13)9-22-15/h2-4,7,9,11,21,27H,5-6,8,10,19-20H2,1H3,(H,23,24,28)/b25-17-. The molecule has 3 rings (SSSR count). The zero-order chi connectivity index (χ0) is 20.1. The van der Waals surface area contributed by atoms with Crippen LogP contribution in [0.5, 0.6) is 0 Å². The van der Waals surface area contributed by atoms with E-state index in [1.807, 2.05) is 0 Å². The third-order valence-electron chi connectivity index (χ3n) is 4.53. The fourth-order valence-electron chi connectivity index (χ4n) is 2.86. The Labute approximate surface area is 162 Å². The smallest absolute Gasteiger partial charge is 0.275 e. The number of aliphatic hydroxyl groups excluding tert-OH is 1. The number of hydrogen-bond acceptors (Lipinski definition) is 8. The molecule has 0 radical (unpaired) electrons. The molecule has 7 N–H and O–H groups in total. The van der Waals surface area contributed by atoms with Crippen molar-refractivity contribution in [3.63, 3.8) is 0 Å². The molecule has 0 aliphatic carbocycles. The van der Waals surface area contributed by atoms with Crippen LogP contribution < -0.4 is 22.3 Å². The van der Waals surface area contributed by atoms with Gasteiger partial charge in [-0.1, -0.05) is 6.07 Å². The molecule has 0 aromatic carbocycles. The predicted octanol–water partition coefficient (Wildman–Crippen LogP) is -0.449. The number of aromatic nitrogens is 2. The third-order valence-corrected chi connectivity index (χ3v) is 4.53. The van der Waals surface area contributed by atoms with Crippen LogP contribution >= 0.6 is 0 Å². The average Bonchev–Trinajstić information content (AvgIpc) is 2.73. The third kappa shape index (κ3) is 4.25. The molecule has 1 atom stereocenters. The molecule has 0 bridgehead atoms. The van der Waals surface area contributed by atoms with Crippen molar-refractivity contribution in [1.29, 1.82) is 0 Å². The minimum absolute atomic E-state index is 0.176. The number of amides is 1. The normalized spacial score (nSPS) is 14.9. The summed E-state index contributed by atoms with van der Waals surface area (Å²) in [7, 11) is 0. The summed E-state index contributed by atoms with van der Waals surface area (Å²) in [5.41, 5.74) is 2.91. The van der Waals surface area contributed by atoms with Crippen molar-refractivity contribution >= 4 is 17.6 Å². The van der Waals surface area contributed by atoms with E-state index in [0.717, 1.165) is 30.6 Å². The second-order valence-corrected chi connectivity index (χ2v) is 6.52. The van der Waals surface area contributed by atoms with Gasteiger partial charge in [-0.05, 0) is 49.2 Å². The number of nitrogens with zero attached hydrogens (tertiary/aromatic N) is 4. The SMILES string of the molecule is CC(CO)N(N)/C(=N\N)c1cccc(NC(=O)c2cc3c(cn2)CCNC3)n1. The molecule has 0 saturated carbocycles. The van der Waals surface area contributed by atoms with Gasteiger partial charge in [-0.2, -0.15) is 5.10 Å². The summed E-state index contributed by atoms with van der Waals surface area (Å²) in [6, 6.07) is 6.39. The zero-order valence-electron chi connectivity index (χ0n) is 15.6. The number of fused-ring (bicyclic) bond motifs is 1. The van der Waals surface area contributed by atoms with Crippen LogP contribution in [0.25, 0.3) is 0 Å². The summed E-state index contributed by atoms with van der Waals surface area (Å²) >= 11 is 0. The second-order valence-electron chi connectivity index (χ2n) is 6.52. The van der Waals surface area contributed by atoms with Crippen LogP contribution in [0.1, 0.15) is 34.2 Å². The molecule has 1 aliphatic rings. The van der Waals surface area contributed by atoms with E-state index in [1.54, 1.807) is 37.4 Å². The highest BCUT2D eigenvalue weighted by molar-refractivity contribution is 6.03. The predicted molar refractivity (Wildman–Crippen MR) is 105 cm³/mol. The van der Waals surface area contributed by atoms with Crippen LogP contribution in [0.4, 0.5) is 5.82 Å². The van der Waals surface area contributed by atoms with Crippen molar-refractivity contribution in [1.82, 2.24) is 20.3 Å². The van der Waals surface area contributed by atoms with Crippen LogP contribution in [-0.4, -0.2) is 51.0 Å². The van der Waals surface area contributed by atoms with Gasteiger partial charge in [0, 0.05) is 12.7 Å². The van der Waals surface area contributed by atoms with E-state index in [4.69, 9.17) is 11.7 Å². The summed E-state index contributed by atoms with van der Waals surface area (Å²) in [5, 5.41) is 20.2. The zero-order valence-corrected chi connectivity index (χ0v) is 15.6. The van der Waals surface area contributed by atoms with Gasteiger partial charge in [-0.25, -0.2) is 10.8 Å². The molecule has 148 valence electrons. The van der Waals surface area contributed by atoms with Crippen molar-refractivity contribution in [2.45, 2.75) is 25.9 Å². The highest BCUT2D eigenvalue weighted by atomic mass is 16.3. The fourth-order valence-corrected chi connectivity index (χ4v) is 2.86. The van der Waals surface area contributed by atoms with Crippen molar-refractivity contribution in [3.8, 4) is 0 Å². The molecule has 2 aromatic rings. The molecule has 10 nitrogen and oxygen atoms in total. The van der Waals surface area contributed by atoms with Crippen molar-refractivity contribution in [2.75, 3.05) is 18.5 Å². The van der Waals surface area contributed by atoms with E-state index < -0.39 is 6.04 Å². The summed E-state index contributed by atoms with van der Waals surface area (Å²) < 4.78 is 0. The van der Waals surface area contributed by atoms with Crippen LogP contribution in [0.15, 0.2) is 35.6 Å². The molecule has 0 fully saturated rings. The number of anilines is 1. The maximum Gasteiger partial charge on any atom is 0.275 e. The van der Waals surface area contributed by atoms with Crippen molar-refractivity contribution < 1.29 is 9.90 Å². The van der Waals surface area contributed by atoms with Gasteiger partial charge in [0.05, 0.1) is 12.6 Å². The molecule has 0 saturated heterocycles. The maximum absolute atomic E-state index is 12.6. The molecule has 28 heavy (non-hydrogen) atoms. The lowest BCUT2D eigenvalue weighted by Crippen LogP contribution is -2.47. The largest absolute Gasteiger partial charge is 0.394 e. The molecule has 3 heterocycles. The first-order valence-electron chi connectivity index (χ1n) is 8.93. The summed E-state index contributed by atoms with van der Waals surface area (Å²) in [6.07, 6.45) is 2.65. The van der Waals surface area contributed by atoms with Crippen LogP contribution in [0.2, 0.25) is 0 Å². The highest BCUT2D eigenvalue weighted by Crippen LogP contribution is 2.15. The number of amidine groups is 1. The summed E-state index contributed by atoms with van der Waals surface area (Å²) in [5.74, 6) is 11.5. The molecular weight excluding hydrogens is 360 g/mol. The molecule has 10 heteroatoms. The Kier molecular flexibility index (Phi) is 6.14. The Bertz CT molecular complexity index is 886. The average molecular weight is 384 g/mol. The van der Waals surface area contributed by atoms with Gasteiger partial charge in [0.2, 0.25) is 0 Å². The number of nitrogens with one attached hydrogen (secondary N) is 2. The number of carbonyl (C=O) groups excluding carboxylic acids is 1. The van der Waals surface area contributed by atoms with Crippen molar-refractivity contribution in [2.24, 2.45) is 16.8 Å². The number of hydrazine groups is 1. The fraction of sp³-hybridized carbons (Fsp3) is 0.333. The maximum atomic E-state index is 12.6. The number of hydrogen-bond donors (Lipinski definition) is 5. The first-order chi connectivity index (χ1) is 13.5. The summed E-state index contributed by atoms with van der Waals surface area (Å²) in [6.45, 7) is 3.17. The van der Waals surface area contributed by atoms with E-state index >= 15 is 0 Å². The van der Waals surface area contributed by atoms with Gasteiger partial charge in [-0.15, -0.1) is 0 Å². The Morgan fingerprint density at radius 3 is 3.00 bits per heavy atom. The number of nitrogens with two attached hydrogens (primary N) is 2. The lowest BCUT2D eigenvalue weighted by atomic mass is 10.0. The molecule has 2 aromatic heterocycles.